The predicted octanol–water partition coefficient (Wildman–Crippen LogP) is 1.53. The van der Waals surface area contributed by atoms with Gasteiger partial charge in [0.1, 0.15) is 5.69 Å². The fraction of sp³-hybridized carbons (Fsp3) is 0.500. The number of hydrogen-bond donors (Lipinski definition) is 2. The highest BCUT2D eigenvalue weighted by atomic mass is 32.1. The van der Waals surface area contributed by atoms with Crippen molar-refractivity contribution in [3.05, 3.63) is 17.6 Å². The number of nitrogens with zero attached hydrogens (tertiary/aromatic N) is 4. The third-order valence-electron chi connectivity index (χ3n) is 4.51. The molecule has 2 fully saturated rings. The summed E-state index contributed by atoms with van der Waals surface area (Å²) in [6, 6.07) is 1.68. The van der Waals surface area contributed by atoms with Gasteiger partial charge in [0.25, 0.3) is 0 Å². The summed E-state index contributed by atoms with van der Waals surface area (Å²) >= 11 is 1.39. The molecule has 0 radical (unpaired) electrons. The molecule has 2 N–H and O–H groups in total. The maximum absolute atomic E-state index is 12.4. The Morgan fingerprint density at radius 3 is 3.05 bits per heavy atom. The standard InChI is InChI=1S/C14H17N5O2S/c1-18-10(2-3-15-18)9-7-22-13(16-9)17-14(21)19-6-8-4-11(19)12(20)5-8/h2-3,7-8,11-12,20H,4-6H2,1H3,(H,16,17,21)/t8-,11+,12+/m0/s1. The van der Waals surface area contributed by atoms with Gasteiger partial charge in [-0.1, -0.05) is 0 Å². The van der Waals surface area contributed by atoms with Crippen LogP contribution in [0.25, 0.3) is 11.4 Å². The molecule has 1 aliphatic heterocycles. The summed E-state index contributed by atoms with van der Waals surface area (Å²) in [6.45, 7) is 0.730. The van der Waals surface area contributed by atoms with Crippen molar-refractivity contribution < 1.29 is 9.90 Å². The monoisotopic (exact) mass is 319 g/mol. The zero-order valence-corrected chi connectivity index (χ0v) is 13.0. The molecule has 116 valence electrons. The van der Waals surface area contributed by atoms with Gasteiger partial charge in [0.15, 0.2) is 5.13 Å². The van der Waals surface area contributed by atoms with Crippen LogP contribution in [0.3, 0.4) is 0 Å². The highest BCUT2D eigenvalue weighted by Gasteiger charge is 2.46. The molecule has 0 spiro atoms. The van der Waals surface area contributed by atoms with Crippen LogP contribution < -0.4 is 5.32 Å². The summed E-state index contributed by atoms with van der Waals surface area (Å²) in [5, 5.41) is 19.4. The van der Waals surface area contributed by atoms with Gasteiger partial charge in [-0.25, -0.2) is 9.78 Å². The number of likely N-dealkylation sites (tertiary alicyclic amines) is 1. The van der Waals surface area contributed by atoms with Crippen molar-refractivity contribution in [3.8, 4) is 11.4 Å². The molecule has 2 aromatic rings. The Bertz CT molecular complexity index is 712. The summed E-state index contributed by atoms with van der Waals surface area (Å²) in [6.07, 6.45) is 3.06. The molecule has 2 aromatic heterocycles. The lowest BCUT2D eigenvalue weighted by molar-refractivity contribution is 0.0766. The predicted molar refractivity (Wildman–Crippen MR) is 82.6 cm³/mol. The zero-order valence-electron chi connectivity index (χ0n) is 12.1. The largest absolute Gasteiger partial charge is 0.391 e. The van der Waals surface area contributed by atoms with Crippen LogP contribution in [0.2, 0.25) is 0 Å². The van der Waals surface area contributed by atoms with E-state index in [2.05, 4.69) is 15.4 Å². The van der Waals surface area contributed by atoms with Crippen LogP contribution in [0.5, 0.6) is 0 Å². The highest BCUT2D eigenvalue weighted by molar-refractivity contribution is 7.14. The van der Waals surface area contributed by atoms with Gasteiger partial charge in [-0.3, -0.25) is 10.00 Å². The number of anilines is 1. The molecular weight excluding hydrogens is 302 g/mol. The second-order valence-corrected chi connectivity index (χ2v) is 6.79. The topological polar surface area (TPSA) is 83.3 Å². The van der Waals surface area contributed by atoms with E-state index in [1.54, 1.807) is 15.8 Å². The van der Waals surface area contributed by atoms with Gasteiger partial charge >= 0.3 is 6.03 Å². The Labute approximate surface area is 131 Å². The van der Waals surface area contributed by atoms with Crippen LogP contribution in [0.4, 0.5) is 9.93 Å². The van der Waals surface area contributed by atoms with Crippen LogP contribution in [0, 0.1) is 5.92 Å². The summed E-state index contributed by atoms with van der Waals surface area (Å²) in [5.74, 6) is 0.437. The maximum atomic E-state index is 12.4. The molecule has 2 bridgehead atoms. The minimum Gasteiger partial charge on any atom is -0.391 e. The molecule has 3 heterocycles. The van der Waals surface area contributed by atoms with Gasteiger partial charge < -0.3 is 10.0 Å². The number of aliphatic hydroxyl groups excluding tert-OH is 1. The average Bonchev–Trinajstić information content (AvgIpc) is 3.21. The summed E-state index contributed by atoms with van der Waals surface area (Å²) in [4.78, 5) is 18.5. The second-order valence-electron chi connectivity index (χ2n) is 5.93. The number of piperidine rings is 1. The van der Waals surface area contributed by atoms with E-state index in [1.165, 1.54) is 11.3 Å². The summed E-state index contributed by atoms with van der Waals surface area (Å²) < 4.78 is 1.75. The molecule has 4 rings (SSSR count). The first-order valence-electron chi connectivity index (χ1n) is 7.31. The number of fused-ring (bicyclic) bond motifs is 2. The first kappa shape index (κ1) is 13.7. The SMILES string of the molecule is Cn1nccc1-c1csc(NC(=O)N2C[C@@H]3C[C@@H](O)[C@H]2C3)n1. The van der Waals surface area contributed by atoms with Gasteiger partial charge in [-0.15, -0.1) is 11.3 Å². The molecule has 1 saturated carbocycles. The highest BCUT2D eigenvalue weighted by Crippen LogP contribution is 2.38. The van der Waals surface area contributed by atoms with Gasteiger partial charge in [-0.2, -0.15) is 5.10 Å². The third-order valence-corrected chi connectivity index (χ3v) is 5.27. The van der Waals surface area contributed by atoms with E-state index in [1.807, 2.05) is 18.5 Å². The van der Waals surface area contributed by atoms with Crippen molar-refractivity contribution in [3.63, 3.8) is 0 Å². The molecule has 1 saturated heterocycles. The van der Waals surface area contributed by atoms with Crippen molar-refractivity contribution >= 4 is 22.5 Å². The number of hydrogen-bond acceptors (Lipinski definition) is 5. The Morgan fingerprint density at radius 1 is 1.50 bits per heavy atom. The lowest BCUT2D eigenvalue weighted by Gasteiger charge is -2.30. The fourth-order valence-electron chi connectivity index (χ4n) is 3.46. The smallest absolute Gasteiger partial charge is 0.323 e. The molecule has 1 aliphatic carbocycles. The number of thiazole rings is 1. The normalized spacial score (nSPS) is 26.6. The van der Waals surface area contributed by atoms with Crippen molar-refractivity contribution in [2.45, 2.75) is 25.0 Å². The fourth-order valence-corrected chi connectivity index (χ4v) is 4.16. The molecule has 7 nitrogen and oxygen atoms in total. The summed E-state index contributed by atoms with van der Waals surface area (Å²) in [7, 11) is 1.86. The van der Waals surface area contributed by atoms with E-state index >= 15 is 0 Å². The number of aliphatic hydroxyl groups is 1. The van der Waals surface area contributed by atoms with Crippen LogP contribution in [0.15, 0.2) is 17.6 Å². The van der Waals surface area contributed by atoms with E-state index in [0.717, 1.165) is 30.8 Å². The van der Waals surface area contributed by atoms with E-state index in [9.17, 15) is 9.90 Å². The second kappa shape index (κ2) is 5.06. The number of amides is 2. The Morgan fingerprint density at radius 2 is 2.36 bits per heavy atom. The lowest BCUT2D eigenvalue weighted by Crippen LogP contribution is -2.46. The van der Waals surface area contributed by atoms with Crippen LogP contribution in [-0.2, 0) is 7.05 Å². The molecule has 2 amide bonds. The Kier molecular flexibility index (Phi) is 3.16. The van der Waals surface area contributed by atoms with E-state index < -0.39 is 0 Å². The van der Waals surface area contributed by atoms with Crippen LogP contribution in [0.1, 0.15) is 12.8 Å². The molecule has 3 atom stereocenters. The number of carbonyl (C=O) groups is 1. The van der Waals surface area contributed by atoms with Gasteiger partial charge in [0, 0.05) is 25.2 Å². The third kappa shape index (κ3) is 2.19. The number of rotatable bonds is 2. The number of aromatic nitrogens is 3. The molecule has 2 aliphatic rings. The van der Waals surface area contributed by atoms with Crippen molar-refractivity contribution in [1.82, 2.24) is 19.7 Å². The lowest BCUT2D eigenvalue weighted by atomic mass is 10.1. The van der Waals surface area contributed by atoms with Gasteiger partial charge in [0.2, 0.25) is 0 Å². The Balaban J connectivity index is 1.47. The van der Waals surface area contributed by atoms with Gasteiger partial charge in [0.05, 0.1) is 17.8 Å². The molecule has 0 aromatic carbocycles. The summed E-state index contributed by atoms with van der Waals surface area (Å²) in [5.41, 5.74) is 1.70. The minimum absolute atomic E-state index is 0.0403. The number of carbonyl (C=O) groups excluding carboxylic acids is 1. The minimum atomic E-state index is -0.384. The van der Waals surface area contributed by atoms with Crippen molar-refractivity contribution in [2.24, 2.45) is 13.0 Å². The zero-order chi connectivity index (χ0) is 15.3. The van der Waals surface area contributed by atoms with E-state index in [0.29, 0.717) is 11.0 Å². The molecule has 0 unspecified atom stereocenters. The van der Waals surface area contributed by atoms with E-state index in [-0.39, 0.29) is 18.2 Å². The van der Waals surface area contributed by atoms with Crippen LogP contribution >= 0.6 is 11.3 Å². The number of nitrogens with one attached hydrogen (secondary N) is 1. The average molecular weight is 319 g/mol. The molecular formula is C14H17N5O2S. The van der Waals surface area contributed by atoms with Crippen LogP contribution in [-0.4, -0.2) is 49.5 Å². The quantitative estimate of drug-likeness (QED) is 0.879. The maximum Gasteiger partial charge on any atom is 0.323 e. The van der Waals surface area contributed by atoms with E-state index in [4.69, 9.17) is 0 Å². The van der Waals surface area contributed by atoms with Gasteiger partial charge in [-0.05, 0) is 24.8 Å². The first-order valence-corrected chi connectivity index (χ1v) is 8.19. The number of urea groups is 1. The van der Waals surface area contributed by atoms with Crippen molar-refractivity contribution in [2.75, 3.05) is 11.9 Å². The molecule has 22 heavy (non-hydrogen) atoms. The Hall–Kier alpha value is -1.93. The number of aryl methyl sites for hydroxylation is 1. The van der Waals surface area contributed by atoms with Crippen molar-refractivity contribution in [1.29, 1.82) is 0 Å². The first-order chi connectivity index (χ1) is 10.6. The molecule has 8 heteroatoms.